The predicted molar refractivity (Wildman–Crippen MR) is 106 cm³/mol. The Morgan fingerprint density at radius 3 is 2.33 bits per heavy atom. The van der Waals surface area contributed by atoms with E-state index >= 15 is 0 Å². The summed E-state index contributed by atoms with van der Waals surface area (Å²) in [4.78, 5) is 20.7. The van der Waals surface area contributed by atoms with Crippen LogP contribution in [0.3, 0.4) is 0 Å². The first-order valence-corrected chi connectivity index (χ1v) is 10.5. The molecule has 0 atom stereocenters. The average Bonchev–Trinajstić information content (AvgIpc) is 2.70. The normalized spacial score (nSPS) is 10.6. The monoisotopic (exact) mass is 436 g/mol. The third-order valence-corrected chi connectivity index (χ3v) is 4.38. The van der Waals surface area contributed by atoms with Crippen LogP contribution in [0, 0.1) is 12.3 Å². The maximum absolute atomic E-state index is 12.7. The Labute approximate surface area is 174 Å². The summed E-state index contributed by atoms with van der Waals surface area (Å²) in [6.07, 6.45) is 6.25. The molecule has 0 saturated heterocycles. The highest BCUT2D eigenvalue weighted by molar-refractivity contribution is 7.90. The highest BCUT2D eigenvalue weighted by Crippen LogP contribution is 2.33. The highest BCUT2D eigenvalue weighted by atomic mass is 32.2. The van der Waals surface area contributed by atoms with Crippen LogP contribution in [0.1, 0.15) is 10.4 Å². The molecule has 1 heterocycles. The van der Waals surface area contributed by atoms with Gasteiger partial charge in [-0.3, -0.25) is 0 Å². The predicted octanol–water partition coefficient (Wildman–Crippen LogP) is 1.50. The number of hydrogen-bond acceptors (Lipinski definition) is 10. The molecule has 0 aliphatic carbocycles. The number of hydrogen-bond donors (Lipinski definition) is 0. The molecular weight excluding hydrogens is 416 g/mol. The summed E-state index contributed by atoms with van der Waals surface area (Å²) in [6, 6.07) is 5.80. The summed E-state index contributed by atoms with van der Waals surface area (Å²) < 4.78 is 48.8. The molecule has 1 aromatic heterocycles. The minimum atomic E-state index is -3.31. The number of ether oxygens (including phenoxy) is 5. The van der Waals surface area contributed by atoms with E-state index in [4.69, 9.17) is 30.1 Å². The van der Waals surface area contributed by atoms with E-state index < -0.39 is 15.8 Å². The molecule has 0 N–H and O–H groups in total. The second kappa shape index (κ2) is 10.3. The molecule has 0 fully saturated rings. The van der Waals surface area contributed by atoms with Crippen molar-refractivity contribution in [1.29, 1.82) is 0 Å². The first-order valence-electron chi connectivity index (χ1n) is 8.46. The number of benzene rings is 1. The number of carbonyl (C=O) groups is 1. The van der Waals surface area contributed by atoms with Gasteiger partial charge < -0.3 is 23.7 Å². The molecule has 0 amide bonds. The Bertz CT molecular complexity index is 1020. The topological polar surface area (TPSA) is 123 Å². The van der Waals surface area contributed by atoms with E-state index in [0.29, 0.717) is 0 Å². The number of carbonyl (C=O) groups excluding carboxylic acids is 1. The van der Waals surface area contributed by atoms with Crippen LogP contribution in [-0.4, -0.2) is 63.8 Å². The van der Waals surface area contributed by atoms with Gasteiger partial charge in [0.05, 0.1) is 26.0 Å². The number of methoxy groups -OCH3 is 2. The van der Waals surface area contributed by atoms with Gasteiger partial charge in [-0.2, -0.15) is 9.97 Å². The van der Waals surface area contributed by atoms with Crippen LogP contribution in [0.25, 0.3) is 0 Å². The zero-order valence-electron chi connectivity index (χ0n) is 16.6. The first-order chi connectivity index (χ1) is 14.3. The fourth-order valence-corrected chi connectivity index (χ4v) is 2.52. The van der Waals surface area contributed by atoms with Crippen molar-refractivity contribution in [1.82, 2.24) is 9.97 Å². The van der Waals surface area contributed by atoms with Crippen molar-refractivity contribution < 1.29 is 36.9 Å². The Hall–Kier alpha value is -3.52. The largest absolute Gasteiger partial charge is 0.481 e. The van der Waals surface area contributed by atoms with Gasteiger partial charge in [0.2, 0.25) is 11.8 Å². The standard InChI is InChI=1S/C19H20N2O8S/c1-5-9-27-13-7-6-8-14(17(13)18(22)28-10-11-30(4,23)24)29-19-20-15(25-2)12-16(21-19)26-3/h1,6-8,12H,9-11H2,2-4H3. The Morgan fingerprint density at radius 2 is 1.77 bits per heavy atom. The Morgan fingerprint density at radius 1 is 1.13 bits per heavy atom. The first kappa shape index (κ1) is 22.8. The molecule has 0 bridgehead atoms. The third-order valence-electron chi connectivity index (χ3n) is 3.47. The van der Waals surface area contributed by atoms with Crippen molar-refractivity contribution in [2.75, 3.05) is 39.4 Å². The van der Waals surface area contributed by atoms with Crippen LogP contribution in [0.15, 0.2) is 24.3 Å². The van der Waals surface area contributed by atoms with Crippen molar-refractivity contribution >= 4 is 15.8 Å². The van der Waals surface area contributed by atoms with E-state index in [1.807, 2.05) is 0 Å². The fraction of sp³-hybridized carbons (Fsp3) is 0.316. The second-order valence-corrected chi connectivity index (χ2v) is 7.98. The van der Waals surface area contributed by atoms with Gasteiger partial charge in [-0.05, 0) is 12.1 Å². The average molecular weight is 436 g/mol. The molecule has 11 heteroatoms. The minimum absolute atomic E-state index is 0.00387. The summed E-state index contributed by atoms with van der Waals surface area (Å²) >= 11 is 0. The molecule has 30 heavy (non-hydrogen) atoms. The lowest BCUT2D eigenvalue weighted by Gasteiger charge is -2.14. The van der Waals surface area contributed by atoms with Crippen LogP contribution in [0.4, 0.5) is 0 Å². The van der Waals surface area contributed by atoms with Crippen LogP contribution in [-0.2, 0) is 14.6 Å². The van der Waals surface area contributed by atoms with Gasteiger partial charge in [0.25, 0.3) is 0 Å². The lowest BCUT2D eigenvalue weighted by molar-refractivity contribution is 0.0522. The lowest BCUT2D eigenvalue weighted by Crippen LogP contribution is -2.16. The van der Waals surface area contributed by atoms with Crippen molar-refractivity contribution in [3.8, 4) is 41.6 Å². The van der Waals surface area contributed by atoms with Crippen LogP contribution in [0.5, 0.6) is 29.3 Å². The van der Waals surface area contributed by atoms with Crippen molar-refractivity contribution in [2.45, 2.75) is 0 Å². The Kier molecular flexibility index (Phi) is 7.83. The third kappa shape index (κ3) is 6.52. The number of aromatic nitrogens is 2. The molecule has 0 aliphatic heterocycles. The molecule has 0 aliphatic rings. The quantitative estimate of drug-likeness (QED) is 0.400. The van der Waals surface area contributed by atoms with Crippen molar-refractivity contribution in [3.05, 3.63) is 29.8 Å². The number of esters is 1. The number of rotatable bonds is 10. The highest BCUT2D eigenvalue weighted by Gasteiger charge is 2.23. The second-order valence-electron chi connectivity index (χ2n) is 5.73. The van der Waals surface area contributed by atoms with Crippen molar-refractivity contribution in [2.24, 2.45) is 0 Å². The number of terminal acetylenes is 1. The van der Waals surface area contributed by atoms with Crippen molar-refractivity contribution in [3.63, 3.8) is 0 Å². The van der Waals surface area contributed by atoms with E-state index in [1.165, 1.54) is 32.4 Å². The maximum Gasteiger partial charge on any atom is 0.345 e. The van der Waals surface area contributed by atoms with Gasteiger partial charge in [0, 0.05) is 6.26 Å². The molecule has 1 aromatic carbocycles. The fourth-order valence-electron chi connectivity index (χ4n) is 2.13. The molecule has 2 rings (SSSR count). The summed E-state index contributed by atoms with van der Waals surface area (Å²) in [7, 11) is -0.500. The number of sulfone groups is 1. The smallest absolute Gasteiger partial charge is 0.345 e. The summed E-state index contributed by atoms with van der Waals surface area (Å²) in [6.45, 7) is -0.458. The zero-order valence-corrected chi connectivity index (χ0v) is 17.4. The number of nitrogens with zero attached hydrogens (tertiary/aromatic N) is 2. The van der Waals surface area contributed by atoms with E-state index in [0.717, 1.165) is 6.26 Å². The Balaban J connectivity index is 2.39. The van der Waals surface area contributed by atoms with Crippen LogP contribution in [0.2, 0.25) is 0 Å². The van der Waals surface area contributed by atoms with Gasteiger partial charge in [-0.25, -0.2) is 13.2 Å². The molecule has 160 valence electrons. The van der Waals surface area contributed by atoms with Gasteiger partial charge in [-0.1, -0.05) is 12.0 Å². The summed E-state index contributed by atoms with van der Waals surface area (Å²) in [5.41, 5.74) is -0.105. The van der Waals surface area contributed by atoms with Gasteiger partial charge >= 0.3 is 12.0 Å². The van der Waals surface area contributed by atoms with Crippen LogP contribution < -0.4 is 18.9 Å². The molecule has 0 saturated carbocycles. The molecule has 0 spiro atoms. The van der Waals surface area contributed by atoms with E-state index in [2.05, 4.69) is 15.9 Å². The summed E-state index contributed by atoms with van der Waals surface area (Å²) in [5, 5.41) is 0. The van der Waals surface area contributed by atoms with E-state index in [9.17, 15) is 13.2 Å². The molecule has 2 aromatic rings. The maximum atomic E-state index is 12.7. The zero-order chi connectivity index (χ0) is 22.1. The SMILES string of the molecule is C#CCOc1cccc(Oc2nc(OC)cc(OC)n2)c1C(=O)OCCS(C)(=O)=O. The van der Waals surface area contributed by atoms with Gasteiger partial charge in [-0.15, -0.1) is 6.42 Å². The molecule has 0 radical (unpaired) electrons. The van der Waals surface area contributed by atoms with Gasteiger partial charge in [0.1, 0.15) is 30.3 Å². The molecular formula is C19H20N2O8S. The van der Waals surface area contributed by atoms with E-state index in [-0.39, 0.29) is 53.8 Å². The molecule has 10 nitrogen and oxygen atoms in total. The minimum Gasteiger partial charge on any atom is -0.481 e. The van der Waals surface area contributed by atoms with Gasteiger partial charge in [0.15, 0.2) is 9.84 Å². The summed E-state index contributed by atoms with van der Waals surface area (Å²) in [5.74, 6) is 1.53. The lowest BCUT2D eigenvalue weighted by atomic mass is 10.2. The van der Waals surface area contributed by atoms with Crippen LogP contribution >= 0.6 is 0 Å². The van der Waals surface area contributed by atoms with E-state index in [1.54, 1.807) is 6.07 Å². The molecule has 0 unspecified atom stereocenters.